The highest BCUT2D eigenvalue weighted by atomic mass is 16.5. The third-order valence-electron chi connectivity index (χ3n) is 4.26. The first-order chi connectivity index (χ1) is 15.5. The van der Waals surface area contributed by atoms with Gasteiger partial charge in [-0.2, -0.15) is 4.80 Å². The largest absolute Gasteiger partial charge is 0.481 e. The number of carboxylic acid groups (broad SMARTS) is 1. The van der Waals surface area contributed by atoms with Crippen LogP contribution < -0.4 is 5.32 Å². The zero-order chi connectivity index (χ0) is 22.8. The van der Waals surface area contributed by atoms with E-state index in [1.54, 1.807) is 36.4 Å². The minimum absolute atomic E-state index is 0.0115. The molecule has 3 aromatic rings. The minimum atomic E-state index is -1.30. The molecule has 0 aliphatic heterocycles. The van der Waals surface area contributed by atoms with E-state index in [1.807, 2.05) is 36.4 Å². The Labute approximate surface area is 183 Å². The molecule has 0 aliphatic carbocycles. The summed E-state index contributed by atoms with van der Waals surface area (Å²) >= 11 is 0. The van der Waals surface area contributed by atoms with Crippen LogP contribution in [0.1, 0.15) is 23.4 Å². The summed E-state index contributed by atoms with van der Waals surface area (Å²) in [6.45, 7) is -0.370. The fourth-order valence-corrected chi connectivity index (χ4v) is 2.70. The molecule has 1 atom stereocenters. The maximum Gasteiger partial charge on any atom is 0.408 e. The number of ketones is 1. The normalized spacial score (nSPS) is 11.8. The number of carboxylic acids is 1. The van der Waals surface area contributed by atoms with E-state index >= 15 is 0 Å². The average molecular weight is 435 g/mol. The molecule has 2 N–H and O–H groups in total. The van der Waals surface area contributed by atoms with Gasteiger partial charge in [-0.05, 0) is 22.4 Å². The summed E-state index contributed by atoms with van der Waals surface area (Å²) in [7, 11) is 0. The van der Waals surface area contributed by atoms with E-state index in [4.69, 9.17) is 9.84 Å². The van der Waals surface area contributed by atoms with Gasteiger partial charge in [0.2, 0.25) is 0 Å². The van der Waals surface area contributed by atoms with Crippen molar-refractivity contribution in [2.24, 2.45) is 0 Å². The molecule has 1 unspecified atom stereocenters. The van der Waals surface area contributed by atoms with Gasteiger partial charge >= 0.3 is 12.1 Å². The molecule has 0 saturated carbocycles. The topological polar surface area (TPSA) is 136 Å². The van der Waals surface area contributed by atoms with Gasteiger partial charge in [-0.15, -0.1) is 10.2 Å². The van der Waals surface area contributed by atoms with Crippen LogP contribution in [0.4, 0.5) is 4.79 Å². The molecule has 0 aliphatic rings. The number of Topliss-reactive ketones (excluding diaryl/α,β-unsaturated/α-hetero) is 1. The van der Waals surface area contributed by atoms with Gasteiger partial charge in [0, 0.05) is 0 Å². The van der Waals surface area contributed by atoms with Crippen LogP contribution in [0.5, 0.6) is 0 Å². The number of ether oxygens (including phenoxy) is 1. The number of benzene rings is 2. The van der Waals surface area contributed by atoms with Crippen LogP contribution in [0.3, 0.4) is 0 Å². The molecule has 3 rings (SSSR count). The molecule has 32 heavy (non-hydrogen) atoms. The maximum absolute atomic E-state index is 12.6. The molecule has 0 fully saturated rings. The molecule has 10 heteroatoms. The second kappa shape index (κ2) is 11.2. The van der Waals surface area contributed by atoms with E-state index in [1.165, 1.54) is 0 Å². The van der Waals surface area contributed by atoms with E-state index in [0.717, 1.165) is 15.9 Å². The summed E-state index contributed by atoms with van der Waals surface area (Å²) in [5, 5.41) is 23.1. The predicted octanol–water partition coefficient (Wildman–Crippen LogP) is 2.18. The van der Waals surface area contributed by atoms with Crippen LogP contribution in [-0.4, -0.2) is 49.2 Å². The fourth-order valence-electron chi connectivity index (χ4n) is 2.70. The Morgan fingerprint density at radius 1 is 1.03 bits per heavy atom. The third kappa shape index (κ3) is 7.17. The van der Waals surface area contributed by atoms with Crippen LogP contribution in [0, 0.1) is 0 Å². The number of carbonyl (C=O) groups is 3. The van der Waals surface area contributed by atoms with Crippen molar-refractivity contribution in [1.29, 1.82) is 0 Å². The van der Waals surface area contributed by atoms with E-state index < -0.39 is 30.3 Å². The van der Waals surface area contributed by atoms with Crippen LogP contribution >= 0.6 is 0 Å². The molecule has 1 aromatic heterocycles. The number of hydrogen-bond acceptors (Lipinski definition) is 7. The fraction of sp³-hybridized carbons (Fsp3) is 0.182. The standard InChI is InChI=1S/C22H21N5O5/c28-19(14-27-25-20(24-26-27)12-11-16-7-3-1-4-8-16)18(13-21(29)30)23-22(31)32-15-17-9-5-2-6-10-17/h1-12,18H,13-15H2,(H,23,31)(H,29,30)/b12-11+. The zero-order valence-corrected chi connectivity index (χ0v) is 17.0. The molecule has 2 aromatic carbocycles. The van der Waals surface area contributed by atoms with Crippen molar-refractivity contribution < 1.29 is 24.2 Å². The van der Waals surface area contributed by atoms with Crippen molar-refractivity contribution in [2.75, 3.05) is 0 Å². The van der Waals surface area contributed by atoms with Gasteiger partial charge in [-0.3, -0.25) is 9.59 Å². The summed E-state index contributed by atoms with van der Waals surface area (Å²) in [5.41, 5.74) is 1.70. The first-order valence-corrected chi connectivity index (χ1v) is 9.72. The molecule has 10 nitrogen and oxygen atoms in total. The number of hydrogen-bond donors (Lipinski definition) is 2. The number of tetrazole rings is 1. The van der Waals surface area contributed by atoms with Crippen molar-refractivity contribution in [3.05, 3.63) is 77.6 Å². The second-order valence-corrected chi connectivity index (χ2v) is 6.74. The average Bonchev–Trinajstić information content (AvgIpc) is 3.24. The summed E-state index contributed by atoms with van der Waals surface area (Å²) in [6.07, 6.45) is 1.93. The molecule has 0 bridgehead atoms. The number of rotatable bonds is 10. The highest BCUT2D eigenvalue weighted by Crippen LogP contribution is 2.05. The van der Waals surface area contributed by atoms with Gasteiger partial charge in [-0.25, -0.2) is 4.79 Å². The van der Waals surface area contributed by atoms with Crippen LogP contribution in [0.25, 0.3) is 12.2 Å². The Morgan fingerprint density at radius 3 is 2.41 bits per heavy atom. The first-order valence-electron chi connectivity index (χ1n) is 9.72. The smallest absolute Gasteiger partial charge is 0.408 e. The summed E-state index contributed by atoms with van der Waals surface area (Å²) in [6, 6.07) is 17.1. The number of carbonyl (C=O) groups excluding carboxylic acids is 2. The Morgan fingerprint density at radius 2 is 1.72 bits per heavy atom. The quantitative estimate of drug-likeness (QED) is 0.494. The van der Waals surface area contributed by atoms with Crippen molar-refractivity contribution in [1.82, 2.24) is 25.5 Å². The Bertz CT molecular complexity index is 1080. The monoisotopic (exact) mass is 435 g/mol. The van der Waals surface area contributed by atoms with Crippen molar-refractivity contribution in [3.63, 3.8) is 0 Å². The van der Waals surface area contributed by atoms with Crippen LogP contribution in [0.2, 0.25) is 0 Å². The van der Waals surface area contributed by atoms with E-state index in [2.05, 4.69) is 20.7 Å². The molecular weight excluding hydrogens is 414 g/mol. The van der Waals surface area contributed by atoms with E-state index in [0.29, 0.717) is 0 Å². The lowest BCUT2D eigenvalue weighted by Gasteiger charge is -2.15. The number of alkyl carbamates (subject to hydrolysis) is 1. The van der Waals surface area contributed by atoms with E-state index in [-0.39, 0.29) is 19.0 Å². The minimum Gasteiger partial charge on any atom is -0.481 e. The Hall–Kier alpha value is -4.34. The Kier molecular flexibility index (Phi) is 7.79. The zero-order valence-electron chi connectivity index (χ0n) is 17.0. The summed E-state index contributed by atoms with van der Waals surface area (Å²) in [5.74, 6) is -1.56. The molecule has 0 radical (unpaired) electrons. The van der Waals surface area contributed by atoms with Crippen molar-refractivity contribution in [2.45, 2.75) is 25.6 Å². The van der Waals surface area contributed by atoms with E-state index in [9.17, 15) is 14.4 Å². The number of aromatic nitrogens is 4. The Balaban J connectivity index is 1.57. The molecule has 164 valence electrons. The highest BCUT2D eigenvalue weighted by Gasteiger charge is 2.25. The first kappa shape index (κ1) is 22.3. The number of aliphatic carboxylic acids is 1. The molecular formula is C22H21N5O5. The lowest BCUT2D eigenvalue weighted by molar-refractivity contribution is -0.139. The number of nitrogens with one attached hydrogen (secondary N) is 1. The van der Waals surface area contributed by atoms with Gasteiger partial charge in [0.15, 0.2) is 11.6 Å². The number of nitrogens with zero attached hydrogens (tertiary/aromatic N) is 4. The summed E-state index contributed by atoms with van der Waals surface area (Å²) < 4.78 is 5.06. The molecule has 1 amide bonds. The van der Waals surface area contributed by atoms with Gasteiger partial charge in [0.1, 0.15) is 19.2 Å². The summed E-state index contributed by atoms with van der Waals surface area (Å²) in [4.78, 5) is 36.8. The SMILES string of the molecule is O=C(O)CC(NC(=O)OCc1ccccc1)C(=O)Cn1nnc(/C=C/c2ccccc2)n1. The maximum atomic E-state index is 12.6. The second-order valence-electron chi connectivity index (χ2n) is 6.74. The van der Waals surface area contributed by atoms with Crippen molar-refractivity contribution >= 4 is 30.0 Å². The lowest BCUT2D eigenvalue weighted by Crippen LogP contribution is -2.44. The highest BCUT2D eigenvalue weighted by molar-refractivity contribution is 5.90. The van der Waals surface area contributed by atoms with Crippen LogP contribution in [0.15, 0.2) is 60.7 Å². The lowest BCUT2D eigenvalue weighted by atomic mass is 10.1. The van der Waals surface area contributed by atoms with Crippen molar-refractivity contribution in [3.8, 4) is 0 Å². The predicted molar refractivity (Wildman–Crippen MR) is 114 cm³/mol. The molecule has 0 spiro atoms. The third-order valence-corrected chi connectivity index (χ3v) is 4.26. The van der Waals surface area contributed by atoms with Gasteiger partial charge in [0.25, 0.3) is 0 Å². The van der Waals surface area contributed by atoms with Crippen LogP contribution in [-0.2, 0) is 27.5 Å². The molecule has 1 heterocycles. The van der Waals surface area contributed by atoms with Gasteiger partial charge in [-0.1, -0.05) is 66.7 Å². The number of amides is 1. The van der Waals surface area contributed by atoms with Gasteiger partial charge in [0.05, 0.1) is 6.42 Å². The molecule has 0 saturated heterocycles. The van der Waals surface area contributed by atoms with Gasteiger partial charge < -0.3 is 15.2 Å².